The molecule has 1 fully saturated rings. The first-order chi connectivity index (χ1) is 9.90. The largest absolute Gasteiger partial charge is 0.341 e. The van der Waals surface area contributed by atoms with E-state index in [9.17, 15) is 13.2 Å². The fourth-order valence-corrected chi connectivity index (χ4v) is 3.81. The van der Waals surface area contributed by atoms with Crippen molar-refractivity contribution in [3.8, 4) is 0 Å². The van der Waals surface area contributed by atoms with Gasteiger partial charge in [0.05, 0.1) is 10.9 Å². The smallest absolute Gasteiger partial charge is 0.241 e. The van der Waals surface area contributed by atoms with Crippen molar-refractivity contribution in [2.24, 2.45) is 0 Å². The molecule has 0 aromatic heterocycles. The molecular weight excluding hydrogens is 356 g/mol. The minimum absolute atomic E-state index is 0.156. The highest BCUT2D eigenvalue weighted by atomic mass is 79.9. The lowest BCUT2D eigenvalue weighted by Crippen LogP contribution is -2.48. The first-order valence-corrected chi connectivity index (χ1v) is 9.24. The van der Waals surface area contributed by atoms with Crippen molar-refractivity contribution < 1.29 is 13.2 Å². The van der Waals surface area contributed by atoms with Crippen LogP contribution in [0, 0.1) is 0 Å². The molecule has 116 valence electrons. The molecule has 1 aliphatic rings. The van der Waals surface area contributed by atoms with Crippen LogP contribution in [0.2, 0.25) is 0 Å². The highest BCUT2D eigenvalue weighted by molar-refractivity contribution is 9.10. The van der Waals surface area contributed by atoms with Crippen LogP contribution in [0.15, 0.2) is 33.6 Å². The van der Waals surface area contributed by atoms with Crippen LogP contribution in [0.25, 0.3) is 0 Å². The summed E-state index contributed by atoms with van der Waals surface area (Å²) in [5.41, 5.74) is 0. The Labute approximate surface area is 133 Å². The van der Waals surface area contributed by atoms with Gasteiger partial charge in [-0.2, -0.15) is 4.72 Å². The van der Waals surface area contributed by atoms with Gasteiger partial charge in [-0.25, -0.2) is 8.42 Å². The maximum atomic E-state index is 12.3. The number of piperidine rings is 1. The minimum atomic E-state index is -3.68. The van der Waals surface area contributed by atoms with Gasteiger partial charge >= 0.3 is 0 Å². The Balaban J connectivity index is 2.05. The number of benzene rings is 1. The summed E-state index contributed by atoms with van der Waals surface area (Å²) >= 11 is 3.26. The number of carbonyl (C=O) groups excluding carboxylic acids is 1. The molecule has 1 aromatic rings. The number of rotatable bonds is 4. The lowest BCUT2D eigenvalue weighted by Gasteiger charge is -2.29. The monoisotopic (exact) mass is 374 g/mol. The Morgan fingerprint density at radius 3 is 2.33 bits per heavy atom. The molecule has 1 saturated heterocycles. The van der Waals surface area contributed by atoms with Crippen molar-refractivity contribution in [1.29, 1.82) is 0 Å². The van der Waals surface area contributed by atoms with Crippen molar-refractivity contribution in [3.05, 3.63) is 28.7 Å². The summed E-state index contributed by atoms with van der Waals surface area (Å²) in [7, 11) is -3.68. The minimum Gasteiger partial charge on any atom is -0.341 e. The zero-order valence-electron chi connectivity index (χ0n) is 11.9. The number of carbonyl (C=O) groups is 1. The molecule has 1 heterocycles. The summed E-state index contributed by atoms with van der Waals surface area (Å²) < 4.78 is 27.7. The van der Waals surface area contributed by atoms with Crippen molar-refractivity contribution >= 4 is 31.9 Å². The number of sulfonamides is 1. The average Bonchev–Trinajstić information content (AvgIpc) is 2.47. The van der Waals surface area contributed by atoms with Gasteiger partial charge in [0.15, 0.2) is 0 Å². The van der Waals surface area contributed by atoms with Crippen molar-refractivity contribution in [2.45, 2.75) is 37.1 Å². The van der Waals surface area contributed by atoms with Gasteiger partial charge in [0.2, 0.25) is 15.9 Å². The third-order valence-electron chi connectivity index (χ3n) is 3.49. The molecule has 0 aliphatic carbocycles. The van der Waals surface area contributed by atoms with E-state index in [1.54, 1.807) is 24.0 Å². The van der Waals surface area contributed by atoms with E-state index in [0.717, 1.165) is 23.7 Å². The Bertz CT molecular complexity index is 595. The maximum Gasteiger partial charge on any atom is 0.241 e. The van der Waals surface area contributed by atoms with Crippen LogP contribution < -0.4 is 4.72 Å². The first-order valence-electron chi connectivity index (χ1n) is 6.97. The van der Waals surface area contributed by atoms with E-state index in [0.29, 0.717) is 13.1 Å². The Morgan fingerprint density at radius 2 is 1.76 bits per heavy atom. The maximum absolute atomic E-state index is 12.3. The third kappa shape index (κ3) is 4.28. The average molecular weight is 375 g/mol. The van der Waals surface area contributed by atoms with Crippen molar-refractivity contribution in [1.82, 2.24) is 9.62 Å². The van der Waals surface area contributed by atoms with Gasteiger partial charge in [0, 0.05) is 17.6 Å². The molecule has 0 bridgehead atoms. The Morgan fingerprint density at radius 1 is 1.19 bits per heavy atom. The number of hydrogen-bond donors (Lipinski definition) is 1. The van der Waals surface area contributed by atoms with Gasteiger partial charge in [0.1, 0.15) is 0 Å². The molecule has 2 rings (SSSR count). The van der Waals surface area contributed by atoms with E-state index in [4.69, 9.17) is 0 Å². The number of nitrogens with zero attached hydrogens (tertiary/aromatic N) is 1. The normalized spacial score (nSPS) is 17.5. The quantitative estimate of drug-likeness (QED) is 0.877. The van der Waals surface area contributed by atoms with Gasteiger partial charge in [-0.05, 0) is 50.5 Å². The first kappa shape index (κ1) is 16.5. The Kier molecular flexibility index (Phi) is 5.40. The lowest BCUT2D eigenvalue weighted by atomic mass is 10.1. The molecular formula is C14H19BrN2O3S. The van der Waals surface area contributed by atoms with Crippen LogP contribution in [0.1, 0.15) is 26.2 Å². The van der Waals surface area contributed by atoms with Crippen LogP contribution >= 0.6 is 15.9 Å². The predicted octanol–water partition coefficient (Wildman–Crippen LogP) is 2.13. The molecule has 0 saturated carbocycles. The van der Waals surface area contributed by atoms with Gasteiger partial charge in [-0.3, -0.25) is 4.79 Å². The lowest BCUT2D eigenvalue weighted by molar-refractivity contribution is -0.133. The standard InChI is InChI=1S/C14H19BrN2O3S/c1-11(14(18)17-9-3-2-4-10-17)16-21(19,20)13-7-5-12(15)6-8-13/h5-8,11,16H,2-4,9-10H2,1H3. The molecule has 0 radical (unpaired) electrons. The van der Waals surface area contributed by atoms with Crippen LogP contribution in [0.5, 0.6) is 0 Å². The fraction of sp³-hybridized carbons (Fsp3) is 0.500. The highest BCUT2D eigenvalue weighted by Crippen LogP contribution is 2.16. The zero-order valence-corrected chi connectivity index (χ0v) is 14.3. The summed E-state index contributed by atoms with van der Waals surface area (Å²) in [6.45, 7) is 3.01. The zero-order chi connectivity index (χ0) is 15.5. The van der Waals surface area contributed by atoms with Crippen LogP contribution in [-0.4, -0.2) is 38.4 Å². The predicted molar refractivity (Wildman–Crippen MR) is 84.4 cm³/mol. The van der Waals surface area contributed by atoms with Gasteiger partial charge in [-0.1, -0.05) is 15.9 Å². The molecule has 0 spiro atoms. The number of amides is 1. The van der Waals surface area contributed by atoms with E-state index in [-0.39, 0.29) is 10.8 Å². The number of halogens is 1. The van der Waals surface area contributed by atoms with Crippen molar-refractivity contribution in [2.75, 3.05) is 13.1 Å². The summed E-state index contributed by atoms with van der Waals surface area (Å²) in [6.07, 6.45) is 3.10. The van der Waals surface area contributed by atoms with Gasteiger partial charge < -0.3 is 4.90 Å². The Hall–Kier alpha value is -0.920. The topological polar surface area (TPSA) is 66.5 Å². The molecule has 21 heavy (non-hydrogen) atoms. The molecule has 1 unspecified atom stereocenters. The second-order valence-corrected chi connectivity index (χ2v) is 7.81. The van der Waals surface area contributed by atoms with Crippen LogP contribution in [0.4, 0.5) is 0 Å². The molecule has 7 heteroatoms. The van der Waals surface area contributed by atoms with Gasteiger partial charge in [-0.15, -0.1) is 0 Å². The van der Waals surface area contributed by atoms with E-state index in [1.807, 2.05) is 0 Å². The van der Waals surface area contributed by atoms with Crippen molar-refractivity contribution in [3.63, 3.8) is 0 Å². The summed E-state index contributed by atoms with van der Waals surface area (Å²) in [6, 6.07) is 5.57. The SMILES string of the molecule is CC(NS(=O)(=O)c1ccc(Br)cc1)C(=O)N1CCCCC1. The van der Waals surface area contributed by atoms with Gasteiger partial charge in [0.25, 0.3) is 0 Å². The summed E-state index contributed by atoms with van der Waals surface area (Å²) in [5.74, 6) is -0.157. The van der Waals surface area contributed by atoms with Crippen LogP contribution in [-0.2, 0) is 14.8 Å². The molecule has 1 aliphatic heterocycles. The second kappa shape index (κ2) is 6.89. The van der Waals surface area contributed by atoms with E-state index < -0.39 is 16.1 Å². The molecule has 1 aromatic carbocycles. The highest BCUT2D eigenvalue weighted by Gasteiger charge is 2.26. The molecule has 1 amide bonds. The van der Waals surface area contributed by atoms with E-state index in [2.05, 4.69) is 20.7 Å². The van der Waals surface area contributed by atoms with E-state index >= 15 is 0 Å². The third-order valence-corrected chi connectivity index (χ3v) is 5.58. The molecule has 5 nitrogen and oxygen atoms in total. The van der Waals surface area contributed by atoms with Crippen LogP contribution in [0.3, 0.4) is 0 Å². The number of nitrogens with one attached hydrogen (secondary N) is 1. The summed E-state index contributed by atoms with van der Waals surface area (Å²) in [4.78, 5) is 14.1. The fourth-order valence-electron chi connectivity index (χ4n) is 2.35. The number of likely N-dealkylation sites (tertiary alicyclic amines) is 1. The summed E-state index contributed by atoms with van der Waals surface area (Å²) in [5, 5.41) is 0. The number of hydrogen-bond acceptors (Lipinski definition) is 3. The second-order valence-electron chi connectivity index (χ2n) is 5.18. The molecule has 1 atom stereocenters. The van der Waals surface area contributed by atoms with E-state index in [1.165, 1.54) is 12.1 Å². The molecule has 1 N–H and O–H groups in total.